The fourth-order valence-electron chi connectivity index (χ4n) is 2.43. The molecule has 0 N–H and O–H groups in total. The van der Waals surface area contributed by atoms with E-state index in [4.69, 9.17) is 4.74 Å². The molecule has 0 amide bonds. The number of hydrogen-bond donors (Lipinski definition) is 0. The Bertz CT molecular complexity index is 492. The van der Waals surface area contributed by atoms with E-state index in [1.54, 1.807) is 6.07 Å². The molecular formula is C15H21F2OP. The zero-order valence-electron chi connectivity index (χ0n) is 11.9. The van der Waals surface area contributed by atoms with Crippen molar-refractivity contribution in [2.45, 2.75) is 57.7 Å². The summed E-state index contributed by atoms with van der Waals surface area (Å²) in [4.78, 5) is 0. The van der Waals surface area contributed by atoms with Gasteiger partial charge in [-0.1, -0.05) is 27.7 Å². The quantitative estimate of drug-likeness (QED) is 0.730. The number of ether oxygens (including phenoxy) is 1. The summed E-state index contributed by atoms with van der Waals surface area (Å²) in [6.07, 6.45) is 1.45. The molecule has 0 saturated carbocycles. The van der Waals surface area contributed by atoms with Gasteiger partial charge in [0, 0.05) is 5.16 Å². The van der Waals surface area contributed by atoms with Crippen LogP contribution in [-0.4, -0.2) is 11.3 Å². The zero-order valence-corrected chi connectivity index (χ0v) is 13.0. The maximum atomic E-state index is 14.2. The molecule has 0 aromatic heterocycles. The fourth-order valence-corrected chi connectivity index (χ4v) is 2.66. The van der Waals surface area contributed by atoms with E-state index < -0.39 is 11.6 Å². The van der Waals surface area contributed by atoms with E-state index in [2.05, 4.69) is 9.24 Å². The first-order chi connectivity index (χ1) is 8.71. The third-order valence-corrected chi connectivity index (χ3v) is 4.03. The minimum Gasteiger partial charge on any atom is -0.486 e. The van der Waals surface area contributed by atoms with Crippen LogP contribution in [0.15, 0.2) is 6.07 Å². The Morgan fingerprint density at radius 1 is 1.32 bits per heavy atom. The van der Waals surface area contributed by atoms with Gasteiger partial charge in [0.25, 0.3) is 0 Å². The zero-order chi connectivity index (χ0) is 14.4. The third kappa shape index (κ3) is 2.76. The minimum atomic E-state index is -0.833. The van der Waals surface area contributed by atoms with Crippen molar-refractivity contribution in [1.82, 2.24) is 0 Å². The molecule has 106 valence electrons. The van der Waals surface area contributed by atoms with Crippen LogP contribution in [-0.2, 0) is 6.42 Å². The Hall–Kier alpha value is -0.690. The van der Waals surface area contributed by atoms with Gasteiger partial charge in [0.05, 0.1) is 0 Å². The van der Waals surface area contributed by atoms with Crippen LogP contribution >= 0.6 is 9.24 Å². The van der Waals surface area contributed by atoms with E-state index in [0.717, 1.165) is 18.4 Å². The number of halogens is 2. The summed E-state index contributed by atoms with van der Waals surface area (Å²) in [5.74, 6) is -1.53. The Balaban J connectivity index is 2.44. The van der Waals surface area contributed by atoms with Crippen LogP contribution in [0.5, 0.6) is 5.75 Å². The lowest BCUT2D eigenvalue weighted by Crippen LogP contribution is -2.38. The monoisotopic (exact) mass is 286 g/mol. The average molecular weight is 286 g/mol. The third-order valence-electron chi connectivity index (χ3n) is 3.65. The van der Waals surface area contributed by atoms with Gasteiger partial charge < -0.3 is 4.74 Å². The van der Waals surface area contributed by atoms with Gasteiger partial charge >= 0.3 is 0 Å². The molecule has 0 spiro atoms. The van der Waals surface area contributed by atoms with Gasteiger partial charge in [-0.3, -0.25) is 0 Å². The van der Waals surface area contributed by atoms with Gasteiger partial charge in [0.2, 0.25) is 5.82 Å². The minimum absolute atomic E-state index is 0.0318. The number of hydrogen-bond acceptors (Lipinski definition) is 1. The molecule has 4 heteroatoms. The molecule has 19 heavy (non-hydrogen) atoms. The molecule has 0 fully saturated rings. The molecule has 1 nitrogen and oxygen atoms in total. The van der Waals surface area contributed by atoms with Gasteiger partial charge in [-0.25, -0.2) is 4.39 Å². The predicted molar refractivity (Wildman–Crippen MR) is 77.0 cm³/mol. The molecule has 1 aromatic rings. The Morgan fingerprint density at radius 2 is 1.95 bits per heavy atom. The molecule has 2 rings (SSSR count). The molecule has 2 atom stereocenters. The maximum absolute atomic E-state index is 14.2. The van der Waals surface area contributed by atoms with E-state index in [-0.39, 0.29) is 22.9 Å². The Labute approximate surface area is 115 Å². The summed E-state index contributed by atoms with van der Waals surface area (Å²) in [6.45, 7) is 7.76. The van der Waals surface area contributed by atoms with Gasteiger partial charge in [0.15, 0.2) is 11.6 Å². The van der Waals surface area contributed by atoms with Crippen molar-refractivity contribution in [1.29, 1.82) is 0 Å². The highest BCUT2D eigenvalue weighted by atomic mass is 31.0. The average Bonchev–Trinajstić information content (AvgIpc) is 2.31. The second-order valence-electron chi connectivity index (χ2n) is 6.20. The van der Waals surface area contributed by atoms with Gasteiger partial charge in [0.1, 0.15) is 6.10 Å². The normalized spacial score (nSPS) is 19.3. The summed E-state index contributed by atoms with van der Waals surface area (Å²) < 4.78 is 33.9. The Kier molecular flexibility index (Phi) is 3.88. The highest BCUT2D eigenvalue weighted by Gasteiger charge is 2.33. The van der Waals surface area contributed by atoms with E-state index in [1.807, 2.05) is 27.7 Å². The molecule has 1 aliphatic heterocycles. The van der Waals surface area contributed by atoms with Gasteiger partial charge in [-0.2, -0.15) is 4.39 Å². The van der Waals surface area contributed by atoms with Crippen LogP contribution in [0.3, 0.4) is 0 Å². The number of aryl methyl sites for hydroxylation is 1. The summed E-state index contributed by atoms with van der Waals surface area (Å²) in [5, 5.41) is -0.155. The topological polar surface area (TPSA) is 9.23 Å². The van der Waals surface area contributed by atoms with Crippen molar-refractivity contribution < 1.29 is 13.5 Å². The van der Waals surface area contributed by atoms with Gasteiger partial charge in [-0.05, 0) is 36.0 Å². The van der Waals surface area contributed by atoms with Crippen LogP contribution in [0, 0.1) is 11.6 Å². The maximum Gasteiger partial charge on any atom is 0.201 e. The first-order valence-corrected chi connectivity index (χ1v) is 7.26. The van der Waals surface area contributed by atoms with Crippen LogP contribution < -0.4 is 4.74 Å². The number of fused-ring (bicyclic) bond motifs is 1. The van der Waals surface area contributed by atoms with E-state index in [1.165, 1.54) is 0 Å². The van der Waals surface area contributed by atoms with E-state index in [0.29, 0.717) is 5.56 Å². The smallest absolute Gasteiger partial charge is 0.201 e. The van der Waals surface area contributed by atoms with Crippen LogP contribution in [0.25, 0.3) is 0 Å². The molecule has 2 unspecified atom stereocenters. The number of benzene rings is 1. The first-order valence-electron chi connectivity index (χ1n) is 6.68. The fraction of sp³-hybridized carbons (Fsp3) is 0.600. The summed E-state index contributed by atoms with van der Waals surface area (Å²) in [7, 11) is 2.71. The molecule has 0 bridgehead atoms. The van der Waals surface area contributed by atoms with Crippen molar-refractivity contribution in [2.75, 3.05) is 0 Å². The van der Waals surface area contributed by atoms with Crippen molar-refractivity contribution in [3.8, 4) is 5.75 Å². The van der Waals surface area contributed by atoms with E-state index >= 15 is 0 Å². The number of rotatable bonds is 2. The van der Waals surface area contributed by atoms with Gasteiger partial charge in [-0.15, -0.1) is 9.24 Å². The molecule has 1 heterocycles. The SMILES string of the molecule is CC(C)c1cc2c(c(F)c1F)OC(C(C)(C)P)CC2. The van der Waals surface area contributed by atoms with Crippen molar-refractivity contribution in [3.63, 3.8) is 0 Å². The lowest BCUT2D eigenvalue weighted by atomic mass is 9.91. The summed E-state index contributed by atoms with van der Waals surface area (Å²) >= 11 is 0. The summed E-state index contributed by atoms with van der Waals surface area (Å²) in [6, 6.07) is 1.75. The second-order valence-corrected chi connectivity index (χ2v) is 7.69. The Morgan fingerprint density at radius 3 is 2.47 bits per heavy atom. The molecule has 0 radical (unpaired) electrons. The van der Waals surface area contributed by atoms with Crippen molar-refractivity contribution in [3.05, 3.63) is 28.8 Å². The predicted octanol–water partition coefficient (Wildman–Crippen LogP) is 4.44. The molecule has 0 aliphatic carbocycles. The standard InChI is InChI=1S/C15H21F2OP/c1-8(2)10-7-9-5-6-11(15(3,4)19)18-14(9)13(17)12(10)16/h7-8,11H,5-6,19H2,1-4H3. The highest BCUT2D eigenvalue weighted by molar-refractivity contribution is 7.19. The van der Waals surface area contributed by atoms with Crippen LogP contribution in [0.2, 0.25) is 0 Å². The van der Waals surface area contributed by atoms with E-state index in [9.17, 15) is 8.78 Å². The largest absolute Gasteiger partial charge is 0.486 e. The van der Waals surface area contributed by atoms with Crippen molar-refractivity contribution in [2.24, 2.45) is 0 Å². The second kappa shape index (κ2) is 5.01. The van der Waals surface area contributed by atoms with Crippen molar-refractivity contribution >= 4 is 9.24 Å². The van der Waals surface area contributed by atoms with Crippen LogP contribution in [0.4, 0.5) is 8.78 Å². The summed E-state index contributed by atoms with van der Waals surface area (Å²) in [5.41, 5.74) is 1.22. The molecular weight excluding hydrogens is 265 g/mol. The first kappa shape index (κ1) is 14.7. The molecule has 1 aliphatic rings. The molecule has 1 aromatic carbocycles. The lowest BCUT2D eigenvalue weighted by molar-refractivity contribution is 0.133. The molecule has 0 saturated heterocycles. The van der Waals surface area contributed by atoms with Crippen LogP contribution in [0.1, 0.15) is 51.2 Å². The lowest BCUT2D eigenvalue weighted by Gasteiger charge is -2.35. The highest BCUT2D eigenvalue weighted by Crippen LogP contribution is 2.39.